The lowest BCUT2D eigenvalue weighted by molar-refractivity contribution is 0.00578. The maximum atomic E-state index is 6.25. The van der Waals surface area contributed by atoms with Gasteiger partial charge in [-0.15, -0.1) is 0 Å². The summed E-state index contributed by atoms with van der Waals surface area (Å²) in [5, 5.41) is 7.24. The molecule has 6 aromatic rings. The smallest absolute Gasteiger partial charge is 0.399 e. The number of para-hydroxylation sites is 1. The van der Waals surface area contributed by atoms with Crippen LogP contribution in [-0.4, -0.2) is 23.3 Å². The molecule has 4 heteroatoms. The molecule has 1 aromatic heterocycles. The van der Waals surface area contributed by atoms with E-state index >= 15 is 0 Å². The molecule has 0 N–H and O–H groups in total. The van der Waals surface area contributed by atoms with Crippen LogP contribution in [0.5, 0.6) is 0 Å². The van der Waals surface area contributed by atoms with Gasteiger partial charge < -0.3 is 9.31 Å². The minimum Gasteiger partial charge on any atom is -0.399 e. The topological polar surface area (TPSA) is 31.4 Å². The fraction of sp³-hybridized carbons (Fsp3) is 0.182. The summed E-state index contributed by atoms with van der Waals surface area (Å²) in [6.07, 6.45) is 0. The van der Waals surface area contributed by atoms with Gasteiger partial charge in [0.25, 0.3) is 0 Å². The van der Waals surface area contributed by atoms with Crippen LogP contribution >= 0.6 is 0 Å². The largest absolute Gasteiger partial charge is 0.494 e. The van der Waals surface area contributed by atoms with Crippen molar-refractivity contribution in [3.63, 3.8) is 0 Å². The lowest BCUT2D eigenvalue weighted by Gasteiger charge is -2.32. The molecule has 0 aliphatic carbocycles. The Morgan fingerprint density at radius 2 is 1.14 bits per heavy atom. The Morgan fingerprint density at radius 1 is 0.568 bits per heavy atom. The third-order valence-corrected chi connectivity index (χ3v) is 8.28. The van der Waals surface area contributed by atoms with Crippen molar-refractivity contribution in [3.8, 4) is 11.1 Å². The van der Waals surface area contributed by atoms with Gasteiger partial charge in [-0.05, 0) is 78.6 Å². The van der Waals surface area contributed by atoms with Crippen molar-refractivity contribution in [3.05, 3.63) is 97.1 Å². The molecule has 37 heavy (non-hydrogen) atoms. The van der Waals surface area contributed by atoms with Gasteiger partial charge in [-0.25, -0.2) is 4.98 Å². The van der Waals surface area contributed by atoms with E-state index in [4.69, 9.17) is 14.3 Å². The van der Waals surface area contributed by atoms with Crippen molar-refractivity contribution in [1.82, 2.24) is 4.98 Å². The van der Waals surface area contributed by atoms with Crippen LogP contribution in [0.1, 0.15) is 27.7 Å². The third-order valence-electron chi connectivity index (χ3n) is 8.28. The summed E-state index contributed by atoms with van der Waals surface area (Å²) in [6, 6.07) is 34.6. The van der Waals surface area contributed by atoms with E-state index in [1.165, 1.54) is 32.5 Å². The average Bonchev–Trinajstić information content (AvgIpc) is 3.14. The SMILES string of the molecule is CC1(C)OB(c2ccc(-c3ccc4c5ccccc5c5cc6ccccc6nc5c4c3)cc2)OC1(C)C. The predicted molar refractivity (Wildman–Crippen MR) is 155 cm³/mol. The highest BCUT2D eigenvalue weighted by molar-refractivity contribution is 6.62. The Bertz CT molecular complexity index is 1820. The summed E-state index contributed by atoms with van der Waals surface area (Å²) < 4.78 is 12.5. The summed E-state index contributed by atoms with van der Waals surface area (Å²) in [6.45, 7) is 8.34. The Morgan fingerprint density at radius 3 is 1.86 bits per heavy atom. The molecule has 0 saturated carbocycles. The molecule has 0 amide bonds. The fourth-order valence-electron chi connectivity index (χ4n) is 5.45. The van der Waals surface area contributed by atoms with Gasteiger partial charge in [-0.1, -0.05) is 78.9 Å². The summed E-state index contributed by atoms with van der Waals surface area (Å²) in [7, 11) is -0.358. The van der Waals surface area contributed by atoms with Crippen LogP contribution in [0.25, 0.3) is 54.5 Å². The van der Waals surface area contributed by atoms with E-state index in [0.29, 0.717) is 0 Å². The van der Waals surface area contributed by atoms with Gasteiger partial charge in [0.1, 0.15) is 0 Å². The molecule has 0 atom stereocenters. The monoisotopic (exact) mass is 481 g/mol. The zero-order chi connectivity index (χ0) is 25.4. The van der Waals surface area contributed by atoms with Crippen LogP contribution in [0.2, 0.25) is 0 Å². The molecular weight excluding hydrogens is 453 g/mol. The Labute approximate surface area is 217 Å². The summed E-state index contributed by atoms with van der Waals surface area (Å²) >= 11 is 0. The van der Waals surface area contributed by atoms with Crippen molar-refractivity contribution in [1.29, 1.82) is 0 Å². The molecule has 3 nitrogen and oxygen atoms in total. The van der Waals surface area contributed by atoms with Crippen molar-refractivity contribution < 1.29 is 9.31 Å². The third kappa shape index (κ3) is 3.47. The van der Waals surface area contributed by atoms with E-state index in [-0.39, 0.29) is 18.3 Å². The van der Waals surface area contributed by atoms with E-state index in [0.717, 1.165) is 27.4 Å². The highest BCUT2D eigenvalue weighted by Crippen LogP contribution is 2.38. The molecule has 1 saturated heterocycles. The average molecular weight is 481 g/mol. The molecule has 2 heterocycles. The second kappa shape index (κ2) is 7.88. The van der Waals surface area contributed by atoms with Gasteiger partial charge >= 0.3 is 7.12 Å². The number of fused-ring (bicyclic) bond motifs is 7. The lowest BCUT2D eigenvalue weighted by Crippen LogP contribution is -2.41. The van der Waals surface area contributed by atoms with E-state index in [1.807, 2.05) is 0 Å². The number of hydrogen-bond acceptors (Lipinski definition) is 3. The normalized spacial score (nSPS) is 16.8. The number of aromatic nitrogens is 1. The molecule has 0 spiro atoms. The number of nitrogens with zero attached hydrogens (tertiary/aromatic N) is 1. The first-order valence-corrected chi connectivity index (χ1v) is 12.9. The Kier molecular flexibility index (Phi) is 4.79. The van der Waals surface area contributed by atoms with Gasteiger partial charge in [-0.2, -0.15) is 0 Å². The fourth-order valence-corrected chi connectivity index (χ4v) is 5.45. The van der Waals surface area contributed by atoms with Crippen LogP contribution in [0.3, 0.4) is 0 Å². The molecule has 1 fully saturated rings. The molecule has 0 radical (unpaired) electrons. The van der Waals surface area contributed by atoms with E-state index < -0.39 is 0 Å². The zero-order valence-corrected chi connectivity index (χ0v) is 21.6. The highest BCUT2D eigenvalue weighted by Gasteiger charge is 2.51. The first-order chi connectivity index (χ1) is 17.8. The van der Waals surface area contributed by atoms with Gasteiger partial charge in [0.15, 0.2) is 0 Å². The summed E-state index contributed by atoms with van der Waals surface area (Å²) in [4.78, 5) is 5.15. The standard InChI is InChI=1S/C33H28BNO2/c1-32(2)33(3,4)37-34(36-32)24-16-13-21(14-17-24)22-15-18-27-25-10-6-7-11-26(25)29-20-23-9-5-8-12-30(23)35-31(29)28(27)19-22/h5-20H,1-4H3. The second-order valence-corrected chi connectivity index (χ2v) is 11.1. The van der Waals surface area contributed by atoms with Crippen molar-refractivity contribution in [2.24, 2.45) is 0 Å². The lowest BCUT2D eigenvalue weighted by atomic mass is 9.78. The van der Waals surface area contributed by atoms with Crippen molar-refractivity contribution >= 4 is 55.9 Å². The first kappa shape index (κ1) is 22.5. The minimum atomic E-state index is -0.358. The Balaban J connectivity index is 1.38. The molecule has 1 aliphatic rings. The van der Waals surface area contributed by atoms with E-state index in [9.17, 15) is 0 Å². The second-order valence-electron chi connectivity index (χ2n) is 11.1. The summed E-state index contributed by atoms with van der Waals surface area (Å²) in [5.74, 6) is 0. The number of hydrogen-bond donors (Lipinski definition) is 0. The van der Waals surface area contributed by atoms with Crippen LogP contribution in [0.15, 0.2) is 97.1 Å². The maximum Gasteiger partial charge on any atom is 0.494 e. The molecule has 180 valence electrons. The molecule has 5 aromatic carbocycles. The molecule has 7 rings (SSSR count). The molecule has 0 unspecified atom stereocenters. The zero-order valence-electron chi connectivity index (χ0n) is 21.6. The van der Waals surface area contributed by atoms with Crippen molar-refractivity contribution in [2.75, 3.05) is 0 Å². The number of rotatable bonds is 2. The van der Waals surface area contributed by atoms with Crippen molar-refractivity contribution in [2.45, 2.75) is 38.9 Å². The Hall–Kier alpha value is -3.73. The van der Waals surface area contributed by atoms with E-state index in [2.05, 4.69) is 125 Å². The van der Waals surface area contributed by atoms with E-state index in [1.54, 1.807) is 0 Å². The minimum absolute atomic E-state index is 0.352. The summed E-state index contributed by atoms with van der Waals surface area (Å²) in [5.41, 5.74) is 4.72. The molecular formula is C33H28BNO2. The first-order valence-electron chi connectivity index (χ1n) is 12.9. The van der Waals surface area contributed by atoms with Gasteiger partial charge in [-0.3, -0.25) is 0 Å². The molecule has 0 bridgehead atoms. The number of benzene rings is 5. The quantitative estimate of drug-likeness (QED) is 0.145. The van der Waals surface area contributed by atoms with Crippen LogP contribution < -0.4 is 5.46 Å². The van der Waals surface area contributed by atoms with Crippen LogP contribution in [0.4, 0.5) is 0 Å². The number of pyridine rings is 1. The molecule has 1 aliphatic heterocycles. The van der Waals surface area contributed by atoms with Gasteiger partial charge in [0, 0.05) is 16.2 Å². The predicted octanol–water partition coefficient (Wildman–Crippen LogP) is 7.66. The van der Waals surface area contributed by atoms with Crippen LogP contribution in [-0.2, 0) is 9.31 Å². The van der Waals surface area contributed by atoms with Gasteiger partial charge in [0.2, 0.25) is 0 Å². The van der Waals surface area contributed by atoms with Crippen LogP contribution in [0, 0.1) is 0 Å². The van der Waals surface area contributed by atoms with Gasteiger partial charge in [0.05, 0.1) is 22.2 Å². The highest BCUT2D eigenvalue weighted by atomic mass is 16.7. The maximum absolute atomic E-state index is 6.25.